The SMILES string of the molecule is CCCCCCc1c(-c2ccc(O)c(CN3CCCCC3CCO)c2)ssc1=S. The number of benzene rings is 1. The molecule has 1 aliphatic heterocycles. The van der Waals surface area contributed by atoms with Crippen LogP contribution in [0.15, 0.2) is 18.2 Å². The molecule has 1 fully saturated rings. The summed E-state index contributed by atoms with van der Waals surface area (Å²) in [6, 6.07) is 6.43. The molecule has 1 unspecified atom stereocenters. The highest BCUT2D eigenvalue weighted by atomic mass is 32.9. The molecule has 2 aromatic rings. The van der Waals surface area contributed by atoms with Crippen LogP contribution in [0.5, 0.6) is 5.75 Å². The molecule has 2 heterocycles. The molecule has 3 nitrogen and oxygen atoms in total. The standard InChI is InChI=1S/C23H33NO2S3/c1-2-3-4-5-9-20-22(28-29-23(20)27)17-10-11-21(26)18(15-17)16-24-13-7-6-8-19(24)12-14-25/h10-11,15,19,25-26H,2-9,12-14,16H2,1H3. The van der Waals surface area contributed by atoms with Gasteiger partial charge in [-0.05, 0) is 68.0 Å². The minimum absolute atomic E-state index is 0.229. The van der Waals surface area contributed by atoms with Crippen molar-refractivity contribution in [3.05, 3.63) is 33.1 Å². The molecule has 1 aromatic carbocycles. The highest BCUT2D eigenvalue weighted by molar-refractivity contribution is 7.80. The number of hydrogen-bond acceptors (Lipinski definition) is 6. The average Bonchev–Trinajstić information content (AvgIpc) is 3.09. The molecule has 0 radical (unpaired) electrons. The van der Waals surface area contributed by atoms with Crippen LogP contribution in [0, 0.1) is 3.82 Å². The van der Waals surface area contributed by atoms with Crippen molar-refractivity contribution in [2.24, 2.45) is 0 Å². The summed E-state index contributed by atoms with van der Waals surface area (Å²) in [7, 11) is 3.47. The Bertz CT molecular complexity index is 828. The predicted molar refractivity (Wildman–Crippen MR) is 128 cm³/mol. The summed E-state index contributed by atoms with van der Waals surface area (Å²) in [6.07, 6.45) is 10.4. The third kappa shape index (κ3) is 6.11. The zero-order valence-corrected chi connectivity index (χ0v) is 19.8. The first-order chi connectivity index (χ1) is 14.1. The van der Waals surface area contributed by atoms with Crippen molar-refractivity contribution in [3.8, 4) is 16.2 Å². The van der Waals surface area contributed by atoms with Gasteiger partial charge in [0.05, 0.1) is 4.88 Å². The smallest absolute Gasteiger partial charge is 0.120 e. The summed E-state index contributed by atoms with van der Waals surface area (Å²) in [6.45, 7) is 4.24. The lowest BCUT2D eigenvalue weighted by Gasteiger charge is -2.35. The van der Waals surface area contributed by atoms with Crippen LogP contribution in [-0.2, 0) is 13.0 Å². The van der Waals surface area contributed by atoms with Gasteiger partial charge in [0.2, 0.25) is 0 Å². The van der Waals surface area contributed by atoms with Gasteiger partial charge in [-0.2, -0.15) is 0 Å². The van der Waals surface area contributed by atoms with Crippen molar-refractivity contribution in [2.75, 3.05) is 13.2 Å². The van der Waals surface area contributed by atoms with E-state index in [9.17, 15) is 10.2 Å². The average molecular weight is 452 g/mol. The van der Waals surface area contributed by atoms with E-state index in [-0.39, 0.29) is 6.61 Å². The number of piperidine rings is 1. The summed E-state index contributed by atoms with van der Waals surface area (Å²) in [5.41, 5.74) is 3.48. The van der Waals surface area contributed by atoms with Gasteiger partial charge in [-0.15, -0.1) is 0 Å². The van der Waals surface area contributed by atoms with Gasteiger partial charge in [0, 0.05) is 24.8 Å². The Labute approximate surface area is 187 Å². The Morgan fingerprint density at radius 3 is 2.83 bits per heavy atom. The minimum Gasteiger partial charge on any atom is -0.508 e. The van der Waals surface area contributed by atoms with Gasteiger partial charge in [0.1, 0.15) is 9.57 Å². The quantitative estimate of drug-likeness (QED) is 0.238. The maximum absolute atomic E-state index is 10.5. The third-order valence-corrected chi connectivity index (χ3v) is 9.12. The van der Waals surface area contributed by atoms with Crippen LogP contribution in [0.1, 0.15) is 69.4 Å². The fraction of sp³-hybridized carbons (Fsp3) is 0.609. The van der Waals surface area contributed by atoms with Crippen LogP contribution in [-0.4, -0.2) is 34.3 Å². The van der Waals surface area contributed by atoms with Gasteiger partial charge in [-0.3, -0.25) is 4.90 Å². The predicted octanol–water partition coefficient (Wildman–Crippen LogP) is 6.77. The number of phenolic OH excluding ortho intramolecular Hbond substituents is 1. The van der Waals surface area contributed by atoms with E-state index in [2.05, 4.69) is 17.9 Å². The highest BCUT2D eigenvalue weighted by Crippen LogP contribution is 2.38. The molecule has 1 saturated heterocycles. The van der Waals surface area contributed by atoms with Crippen LogP contribution < -0.4 is 0 Å². The Morgan fingerprint density at radius 1 is 1.17 bits per heavy atom. The fourth-order valence-electron chi connectivity index (χ4n) is 4.26. The van der Waals surface area contributed by atoms with E-state index in [1.807, 2.05) is 12.1 Å². The van der Waals surface area contributed by atoms with Crippen molar-refractivity contribution in [1.29, 1.82) is 0 Å². The number of likely N-dealkylation sites (tertiary alicyclic amines) is 1. The zero-order valence-electron chi connectivity index (χ0n) is 17.4. The number of hydrogen-bond donors (Lipinski definition) is 2. The second kappa shape index (κ2) is 11.6. The van der Waals surface area contributed by atoms with E-state index < -0.39 is 0 Å². The summed E-state index contributed by atoms with van der Waals surface area (Å²) >= 11 is 5.63. The molecule has 1 atom stereocenters. The number of rotatable bonds is 10. The number of unbranched alkanes of at least 4 members (excludes halogenated alkanes) is 3. The molecule has 29 heavy (non-hydrogen) atoms. The summed E-state index contributed by atoms with van der Waals surface area (Å²) < 4.78 is 1.02. The van der Waals surface area contributed by atoms with E-state index in [4.69, 9.17) is 12.2 Å². The lowest BCUT2D eigenvalue weighted by molar-refractivity contribution is 0.111. The Balaban J connectivity index is 1.79. The normalized spacial score (nSPS) is 17.7. The van der Waals surface area contributed by atoms with Crippen LogP contribution in [0.25, 0.3) is 10.4 Å². The summed E-state index contributed by atoms with van der Waals surface area (Å²) in [5.74, 6) is 0.366. The molecule has 0 aliphatic carbocycles. The van der Waals surface area contributed by atoms with Crippen LogP contribution in [0.4, 0.5) is 0 Å². The largest absolute Gasteiger partial charge is 0.508 e. The van der Waals surface area contributed by atoms with Crippen molar-refractivity contribution in [2.45, 2.75) is 77.3 Å². The molecule has 2 N–H and O–H groups in total. The monoisotopic (exact) mass is 451 g/mol. The van der Waals surface area contributed by atoms with Crippen LogP contribution >= 0.6 is 32.9 Å². The van der Waals surface area contributed by atoms with Crippen molar-refractivity contribution in [3.63, 3.8) is 0 Å². The first-order valence-electron chi connectivity index (χ1n) is 10.9. The number of nitrogens with zero attached hydrogens (tertiary/aromatic N) is 1. The van der Waals surface area contributed by atoms with Gasteiger partial charge >= 0.3 is 0 Å². The second-order valence-corrected chi connectivity index (χ2v) is 10.9. The molecule has 0 amide bonds. The first kappa shape index (κ1) is 22.9. The number of aliphatic hydroxyl groups is 1. The molecular weight excluding hydrogens is 418 g/mol. The molecule has 3 rings (SSSR count). The highest BCUT2D eigenvalue weighted by Gasteiger charge is 2.23. The lowest BCUT2D eigenvalue weighted by Crippen LogP contribution is -2.39. The van der Waals surface area contributed by atoms with Crippen molar-refractivity contribution in [1.82, 2.24) is 4.90 Å². The molecule has 0 saturated carbocycles. The fourth-order valence-corrected chi connectivity index (χ4v) is 7.26. The van der Waals surface area contributed by atoms with Gasteiger partial charge in [0.15, 0.2) is 0 Å². The second-order valence-electron chi connectivity index (χ2n) is 8.05. The molecule has 0 bridgehead atoms. The number of aromatic hydroxyl groups is 1. The Morgan fingerprint density at radius 2 is 2.03 bits per heavy atom. The Kier molecular flexibility index (Phi) is 9.12. The van der Waals surface area contributed by atoms with Crippen molar-refractivity contribution >= 4 is 32.9 Å². The molecule has 6 heteroatoms. The van der Waals surface area contributed by atoms with Crippen LogP contribution in [0.3, 0.4) is 0 Å². The van der Waals surface area contributed by atoms with E-state index in [0.29, 0.717) is 11.8 Å². The zero-order chi connectivity index (χ0) is 20.6. The van der Waals surface area contributed by atoms with Crippen molar-refractivity contribution < 1.29 is 10.2 Å². The number of aliphatic hydroxyl groups excluding tert-OH is 1. The summed E-state index contributed by atoms with van der Waals surface area (Å²) in [5, 5.41) is 19.9. The van der Waals surface area contributed by atoms with Gasteiger partial charge in [0.25, 0.3) is 0 Å². The first-order valence-corrected chi connectivity index (χ1v) is 13.5. The molecular formula is C23H33NO2S3. The third-order valence-electron chi connectivity index (χ3n) is 5.93. The molecule has 160 valence electrons. The topological polar surface area (TPSA) is 43.7 Å². The van der Waals surface area contributed by atoms with Gasteiger partial charge in [-0.1, -0.05) is 65.5 Å². The van der Waals surface area contributed by atoms with Gasteiger partial charge < -0.3 is 10.2 Å². The van der Waals surface area contributed by atoms with E-state index in [1.54, 1.807) is 20.7 Å². The maximum atomic E-state index is 10.5. The molecule has 1 aliphatic rings. The minimum atomic E-state index is 0.229. The van der Waals surface area contributed by atoms with E-state index >= 15 is 0 Å². The Hall–Kier alpha value is -0.790. The maximum Gasteiger partial charge on any atom is 0.120 e. The van der Waals surface area contributed by atoms with E-state index in [0.717, 1.165) is 41.7 Å². The van der Waals surface area contributed by atoms with Crippen LogP contribution in [0.2, 0.25) is 0 Å². The summed E-state index contributed by atoms with van der Waals surface area (Å²) in [4.78, 5) is 3.71. The van der Waals surface area contributed by atoms with Gasteiger partial charge in [-0.25, -0.2) is 0 Å². The molecule has 1 aromatic heterocycles. The molecule has 0 spiro atoms. The lowest BCUT2D eigenvalue weighted by atomic mass is 9.97. The number of phenols is 1. The van der Waals surface area contributed by atoms with E-state index in [1.165, 1.54) is 54.5 Å².